The molecule has 1 fully saturated rings. The zero-order chi connectivity index (χ0) is 11.8. The number of carbonyl (C=O) groups excluding carboxylic acids is 1. The Kier molecular flexibility index (Phi) is 2.22. The topological polar surface area (TPSA) is 56.6 Å². The number of hydrogen-bond donors (Lipinski definition) is 1. The second kappa shape index (κ2) is 3.74. The lowest BCUT2D eigenvalue weighted by molar-refractivity contribution is 0.0977. The number of hydrogen-bond acceptors (Lipinski definition) is 2. The van der Waals surface area contributed by atoms with Gasteiger partial charge < -0.3 is 4.98 Å². The van der Waals surface area contributed by atoms with E-state index in [9.17, 15) is 4.79 Å². The summed E-state index contributed by atoms with van der Waals surface area (Å²) in [4.78, 5) is 15.2. The van der Waals surface area contributed by atoms with Crippen molar-refractivity contribution >= 4 is 16.7 Å². The lowest BCUT2D eigenvalue weighted by atomic mass is 10.0. The van der Waals surface area contributed by atoms with Crippen LogP contribution >= 0.6 is 0 Å². The average molecular weight is 224 g/mol. The third kappa shape index (κ3) is 1.72. The van der Waals surface area contributed by atoms with Crippen LogP contribution in [0.5, 0.6) is 0 Å². The maximum atomic E-state index is 12.1. The number of fused-ring (bicyclic) bond motifs is 1. The summed E-state index contributed by atoms with van der Waals surface area (Å²) in [6.07, 6.45) is 4.68. The number of benzene rings is 1. The second-order valence-corrected chi connectivity index (χ2v) is 4.61. The minimum absolute atomic E-state index is 0.154. The Balaban J connectivity index is 2.09. The molecule has 1 aromatic carbocycles. The summed E-state index contributed by atoms with van der Waals surface area (Å²) in [6, 6.07) is 7.62. The molecule has 0 unspecified atom stereocenters. The van der Waals surface area contributed by atoms with Gasteiger partial charge in [0.15, 0.2) is 5.78 Å². The molecule has 1 saturated carbocycles. The maximum absolute atomic E-state index is 12.1. The maximum Gasteiger partial charge on any atom is 0.165 e. The highest BCUT2D eigenvalue weighted by molar-refractivity contribution is 6.09. The summed E-state index contributed by atoms with van der Waals surface area (Å²) in [7, 11) is 0. The van der Waals surface area contributed by atoms with Crippen LogP contribution < -0.4 is 0 Å². The van der Waals surface area contributed by atoms with E-state index in [0.29, 0.717) is 23.5 Å². The van der Waals surface area contributed by atoms with Crippen LogP contribution in [0.1, 0.15) is 35.2 Å². The average Bonchev–Trinajstić information content (AvgIpc) is 3.05. The van der Waals surface area contributed by atoms with Gasteiger partial charge in [0.1, 0.15) is 0 Å². The van der Waals surface area contributed by atoms with E-state index in [4.69, 9.17) is 5.26 Å². The number of nitriles is 1. The van der Waals surface area contributed by atoms with Gasteiger partial charge in [-0.15, -0.1) is 0 Å². The van der Waals surface area contributed by atoms with Crippen LogP contribution in [-0.4, -0.2) is 10.8 Å². The summed E-state index contributed by atoms with van der Waals surface area (Å²) >= 11 is 0. The van der Waals surface area contributed by atoms with Gasteiger partial charge in [-0.25, -0.2) is 0 Å². The van der Waals surface area contributed by atoms with Gasteiger partial charge in [-0.1, -0.05) is 6.07 Å². The van der Waals surface area contributed by atoms with E-state index in [-0.39, 0.29) is 5.78 Å². The van der Waals surface area contributed by atoms with E-state index in [1.54, 1.807) is 12.3 Å². The molecule has 0 spiro atoms. The summed E-state index contributed by atoms with van der Waals surface area (Å²) in [5, 5.41) is 9.86. The second-order valence-electron chi connectivity index (χ2n) is 4.61. The van der Waals surface area contributed by atoms with E-state index >= 15 is 0 Å². The van der Waals surface area contributed by atoms with Crippen molar-refractivity contribution in [1.29, 1.82) is 5.26 Å². The number of carbonyl (C=O) groups is 1. The molecule has 0 atom stereocenters. The fourth-order valence-electron chi connectivity index (χ4n) is 2.19. The third-order valence-corrected chi connectivity index (χ3v) is 3.30. The first-order valence-corrected chi connectivity index (χ1v) is 5.83. The highest BCUT2D eigenvalue weighted by Gasteiger charge is 2.26. The van der Waals surface area contributed by atoms with Crippen molar-refractivity contribution in [2.45, 2.75) is 19.3 Å². The summed E-state index contributed by atoms with van der Waals surface area (Å²) in [5.74, 6) is 0.725. The Morgan fingerprint density at radius 3 is 3.00 bits per heavy atom. The number of H-pyrrole nitrogens is 1. The predicted octanol–water partition coefficient (Wildman–Crippen LogP) is 3.02. The Morgan fingerprint density at radius 2 is 2.29 bits per heavy atom. The standard InChI is InChI=1S/C14H12N2O/c15-7-10-2-1-3-12-14(10)11(8-16-12)13(17)6-9-4-5-9/h1-3,8-9,16H,4-6H2. The molecule has 0 amide bonds. The SMILES string of the molecule is N#Cc1cccc2[nH]cc(C(=O)CC3CC3)c12. The Labute approximate surface area is 99.1 Å². The van der Waals surface area contributed by atoms with Crippen molar-refractivity contribution in [3.05, 3.63) is 35.5 Å². The van der Waals surface area contributed by atoms with Crippen molar-refractivity contribution in [2.24, 2.45) is 5.92 Å². The van der Waals surface area contributed by atoms with Crippen molar-refractivity contribution in [2.75, 3.05) is 0 Å². The first-order valence-electron chi connectivity index (χ1n) is 5.83. The zero-order valence-corrected chi connectivity index (χ0v) is 9.36. The lowest BCUT2D eigenvalue weighted by Crippen LogP contribution is -1.99. The van der Waals surface area contributed by atoms with Crippen LogP contribution in [0.4, 0.5) is 0 Å². The number of nitrogens with one attached hydrogen (secondary N) is 1. The molecule has 1 N–H and O–H groups in total. The number of aromatic nitrogens is 1. The molecule has 0 saturated heterocycles. The molecule has 3 rings (SSSR count). The van der Waals surface area contributed by atoms with E-state index in [0.717, 1.165) is 10.9 Å². The van der Waals surface area contributed by atoms with Gasteiger partial charge in [-0.05, 0) is 30.9 Å². The fraction of sp³-hybridized carbons (Fsp3) is 0.286. The molecule has 17 heavy (non-hydrogen) atoms. The van der Waals surface area contributed by atoms with Crippen LogP contribution in [0, 0.1) is 17.2 Å². The summed E-state index contributed by atoms with van der Waals surface area (Å²) < 4.78 is 0. The summed E-state index contributed by atoms with van der Waals surface area (Å²) in [6.45, 7) is 0. The molecule has 1 aliphatic rings. The third-order valence-electron chi connectivity index (χ3n) is 3.30. The molecule has 1 heterocycles. The van der Waals surface area contributed by atoms with Gasteiger partial charge >= 0.3 is 0 Å². The van der Waals surface area contributed by atoms with Crippen molar-refractivity contribution in [1.82, 2.24) is 4.98 Å². The number of aromatic amines is 1. The quantitative estimate of drug-likeness (QED) is 0.815. The molecular formula is C14H12N2O. The van der Waals surface area contributed by atoms with Crippen molar-refractivity contribution in [3.8, 4) is 6.07 Å². The van der Waals surface area contributed by atoms with Gasteiger partial charge in [-0.2, -0.15) is 5.26 Å². The minimum Gasteiger partial charge on any atom is -0.360 e. The fourth-order valence-corrected chi connectivity index (χ4v) is 2.19. The Bertz CT molecular complexity index is 629. The van der Waals surface area contributed by atoms with Crippen LogP contribution in [0.3, 0.4) is 0 Å². The predicted molar refractivity (Wildman–Crippen MR) is 64.7 cm³/mol. The number of nitrogens with zero attached hydrogens (tertiary/aromatic N) is 1. The summed E-state index contributed by atoms with van der Waals surface area (Å²) in [5.41, 5.74) is 2.11. The molecule has 2 aromatic rings. The van der Waals surface area contributed by atoms with Gasteiger partial charge in [-0.3, -0.25) is 4.79 Å². The van der Waals surface area contributed by atoms with Gasteiger partial charge in [0.2, 0.25) is 0 Å². The molecule has 0 radical (unpaired) electrons. The Hall–Kier alpha value is -2.08. The van der Waals surface area contributed by atoms with Crippen LogP contribution in [0.15, 0.2) is 24.4 Å². The monoisotopic (exact) mass is 224 g/mol. The highest BCUT2D eigenvalue weighted by atomic mass is 16.1. The van der Waals surface area contributed by atoms with E-state index in [1.807, 2.05) is 12.1 Å². The largest absolute Gasteiger partial charge is 0.360 e. The Morgan fingerprint density at radius 1 is 1.47 bits per heavy atom. The van der Waals surface area contributed by atoms with Crippen LogP contribution in [-0.2, 0) is 0 Å². The van der Waals surface area contributed by atoms with E-state index in [1.165, 1.54) is 12.8 Å². The van der Waals surface area contributed by atoms with Crippen LogP contribution in [0.25, 0.3) is 10.9 Å². The molecule has 1 aliphatic carbocycles. The van der Waals surface area contributed by atoms with Crippen molar-refractivity contribution in [3.63, 3.8) is 0 Å². The molecule has 0 bridgehead atoms. The molecule has 1 aromatic heterocycles. The molecule has 84 valence electrons. The van der Waals surface area contributed by atoms with Gasteiger partial charge in [0.05, 0.1) is 11.6 Å². The number of rotatable bonds is 3. The van der Waals surface area contributed by atoms with E-state index in [2.05, 4.69) is 11.1 Å². The van der Waals surface area contributed by atoms with Crippen LogP contribution in [0.2, 0.25) is 0 Å². The molecule has 3 nitrogen and oxygen atoms in total. The molecule has 0 aliphatic heterocycles. The highest BCUT2D eigenvalue weighted by Crippen LogP contribution is 2.34. The normalized spacial score (nSPS) is 14.8. The lowest BCUT2D eigenvalue weighted by Gasteiger charge is -1.99. The minimum atomic E-state index is 0.154. The molecule has 3 heteroatoms. The first-order chi connectivity index (χ1) is 8.29. The van der Waals surface area contributed by atoms with Crippen molar-refractivity contribution < 1.29 is 4.79 Å². The number of Topliss-reactive ketones (excluding diaryl/α,β-unsaturated/α-hetero) is 1. The molecular weight excluding hydrogens is 212 g/mol. The van der Waals surface area contributed by atoms with Gasteiger partial charge in [0.25, 0.3) is 0 Å². The smallest absolute Gasteiger partial charge is 0.165 e. The zero-order valence-electron chi connectivity index (χ0n) is 9.36. The van der Waals surface area contributed by atoms with Gasteiger partial charge in [0, 0.05) is 29.1 Å². The first kappa shape index (κ1) is 10.1. The number of ketones is 1. The van der Waals surface area contributed by atoms with E-state index < -0.39 is 0 Å².